The predicted molar refractivity (Wildman–Crippen MR) is 182 cm³/mol. The summed E-state index contributed by atoms with van der Waals surface area (Å²) >= 11 is 1.94. The Labute approximate surface area is 286 Å². The van der Waals surface area contributed by atoms with Crippen molar-refractivity contribution in [2.75, 3.05) is 21.3 Å². The quantitative estimate of drug-likeness (QED) is 0.172. The molecule has 0 unspecified atom stereocenters. The van der Waals surface area contributed by atoms with E-state index in [0.29, 0.717) is 31.9 Å². The van der Waals surface area contributed by atoms with Crippen molar-refractivity contribution in [3.63, 3.8) is 0 Å². The van der Waals surface area contributed by atoms with E-state index >= 15 is 0 Å². The summed E-state index contributed by atoms with van der Waals surface area (Å²) < 4.78 is 74.7. The smallest absolute Gasteiger partial charge is 0.245 e. The molecule has 5 aromatic rings. The van der Waals surface area contributed by atoms with Crippen molar-refractivity contribution in [3.8, 4) is 28.6 Å². The third-order valence-corrected chi connectivity index (χ3v) is 11.1. The Balaban J connectivity index is 1.68. The summed E-state index contributed by atoms with van der Waals surface area (Å²) in [6.07, 6.45) is 0. The first-order chi connectivity index (χ1) is 22.4. The lowest BCUT2D eigenvalue weighted by molar-refractivity contribution is 0.396. The fraction of sp³-hybridized carbons (Fsp3) is 0.194. The SMILES string of the molecule is COc1ccc(CN(Cc2ccc(OC)cc2)S(=O)(=O)c2c(S(N)(=O)=O)ccc(I)c2-c2nnnn2Cc2ccc(OC)cc2)cc1. The topological polar surface area (TPSA) is 169 Å². The van der Waals surface area contributed by atoms with Crippen LogP contribution in [0.5, 0.6) is 17.2 Å². The van der Waals surface area contributed by atoms with Gasteiger partial charge in [-0.15, -0.1) is 5.10 Å². The summed E-state index contributed by atoms with van der Waals surface area (Å²) in [7, 11) is -4.57. The highest BCUT2D eigenvalue weighted by Crippen LogP contribution is 2.38. The monoisotopic (exact) mass is 790 g/mol. The van der Waals surface area contributed by atoms with Crippen molar-refractivity contribution >= 4 is 42.6 Å². The van der Waals surface area contributed by atoms with Gasteiger partial charge in [0.15, 0.2) is 5.82 Å². The van der Waals surface area contributed by atoms with Crippen LogP contribution in [0.1, 0.15) is 16.7 Å². The van der Waals surface area contributed by atoms with Gasteiger partial charge < -0.3 is 14.2 Å². The standard InChI is InChI=1S/C31H31IN6O7S2/c1-43-24-10-4-21(5-11-24)18-37(19-22-6-12-25(44-2)13-7-22)47(41,42)30-28(46(33,39)40)17-16-27(32)29(30)31-34-35-36-38(31)20-23-8-14-26(45-3)15-9-23/h4-17H,18-20H2,1-3H3,(H2,33,39,40). The van der Waals surface area contributed by atoms with Crippen molar-refractivity contribution in [3.05, 3.63) is 105 Å². The minimum atomic E-state index is -4.64. The maximum Gasteiger partial charge on any atom is 0.245 e. The molecule has 13 nitrogen and oxygen atoms in total. The van der Waals surface area contributed by atoms with Gasteiger partial charge in [0.2, 0.25) is 20.0 Å². The van der Waals surface area contributed by atoms with Crippen LogP contribution in [0.4, 0.5) is 0 Å². The summed E-state index contributed by atoms with van der Waals surface area (Å²) in [5.41, 5.74) is 2.07. The van der Waals surface area contributed by atoms with E-state index in [9.17, 15) is 16.8 Å². The van der Waals surface area contributed by atoms with Crippen LogP contribution in [-0.4, -0.2) is 62.7 Å². The molecule has 16 heteroatoms. The molecule has 0 aliphatic carbocycles. The van der Waals surface area contributed by atoms with Crippen molar-refractivity contribution in [1.82, 2.24) is 24.5 Å². The lowest BCUT2D eigenvalue weighted by Gasteiger charge is -2.25. The number of methoxy groups -OCH3 is 3. The molecule has 2 N–H and O–H groups in total. The largest absolute Gasteiger partial charge is 0.497 e. The summed E-state index contributed by atoms with van der Waals surface area (Å²) in [5, 5.41) is 17.8. The molecule has 0 saturated heterocycles. The first kappa shape index (κ1) is 34.2. The lowest BCUT2D eigenvalue weighted by atomic mass is 10.2. The van der Waals surface area contributed by atoms with Gasteiger partial charge in [0.05, 0.1) is 33.4 Å². The van der Waals surface area contributed by atoms with Crippen molar-refractivity contribution in [2.24, 2.45) is 5.14 Å². The van der Waals surface area contributed by atoms with E-state index in [1.807, 2.05) is 34.7 Å². The van der Waals surface area contributed by atoms with Gasteiger partial charge in [-0.2, -0.15) is 4.31 Å². The predicted octanol–water partition coefficient (Wildman–Crippen LogP) is 4.06. The zero-order valence-corrected chi connectivity index (χ0v) is 29.4. The summed E-state index contributed by atoms with van der Waals surface area (Å²) in [6, 6.07) is 23.7. The van der Waals surface area contributed by atoms with Crippen LogP contribution < -0.4 is 19.3 Å². The van der Waals surface area contributed by atoms with E-state index < -0.39 is 29.8 Å². The van der Waals surface area contributed by atoms with Gasteiger partial charge in [-0.05, 0) is 98.2 Å². The highest BCUT2D eigenvalue weighted by atomic mass is 127. The number of rotatable bonds is 13. The first-order valence-corrected chi connectivity index (χ1v) is 18.0. The van der Waals surface area contributed by atoms with Gasteiger partial charge in [-0.1, -0.05) is 36.4 Å². The minimum absolute atomic E-state index is 0.00472. The molecule has 0 fully saturated rings. The number of nitrogens with two attached hydrogens (primary N) is 1. The molecule has 4 aromatic carbocycles. The second kappa shape index (κ2) is 14.3. The fourth-order valence-corrected chi connectivity index (χ4v) is 8.68. The number of halogens is 1. The average molecular weight is 791 g/mol. The Morgan fingerprint density at radius 1 is 0.723 bits per heavy atom. The zero-order chi connectivity index (χ0) is 33.8. The molecule has 47 heavy (non-hydrogen) atoms. The van der Waals surface area contributed by atoms with Gasteiger partial charge >= 0.3 is 0 Å². The Bertz CT molecular complexity index is 2020. The molecule has 0 bridgehead atoms. The van der Waals surface area contributed by atoms with Gasteiger partial charge in [0.1, 0.15) is 27.0 Å². The van der Waals surface area contributed by atoms with E-state index in [4.69, 9.17) is 19.3 Å². The Morgan fingerprint density at radius 3 is 1.64 bits per heavy atom. The van der Waals surface area contributed by atoms with Gasteiger partial charge in [0, 0.05) is 16.7 Å². The average Bonchev–Trinajstić information content (AvgIpc) is 3.52. The van der Waals surface area contributed by atoms with Crippen molar-refractivity contribution in [1.29, 1.82) is 0 Å². The number of ether oxygens (including phenoxy) is 3. The highest BCUT2D eigenvalue weighted by Gasteiger charge is 2.36. The molecule has 0 saturated carbocycles. The highest BCUT2D eigenvalue weighted by molar-refractivity contribution is 14.1. The van der Waals surface area contributed by atoms with Crippen LogP contribution in [0.15, 0.2) is 94.7 Å². The molecule has 0 aliphatic rings. The number of hydrogen-bond acceptors (Lipinski definition) is 10. The van der Waals surface area contributed by atoms with Crippen molar-refractivity contribution < 1.29 is 31.0 Å². The molecule has 246 valence electrons. The summed E-state index contributed by atoms with van der Waals surface area (Å²) in [4.78, 5) is -1.11. The van der Waals surface area contributed by atoms with E-state index in [2.05, 4.69) is 15.5 Å². The molecule has 0 aliphatic heterocycles. The molecule has 1 heterocycles. The molecule has 0 amide bonds. The van der Waals surface area contributed by atoms with Gasteiger partial charge in [0.25, 0.3) is 0 Å². The minimum Gasteiger partial charge on any atom is -0.497 e. The van der Waals surface area contributed by atoms with Crippen LogP contribution in [0.2, 0.25) is 0 Å². The third kappa shape index (κ3) is 7.73. The van der Waals surface area contributed by atoms with Crippen LogP contribution in [0.3, 0.4) is 0 Å². The second-order valence-corrected chi connectivity index (χ2v) is 14.8. The summed E-state index contributed by atoms with van der Waals surface area (Å²) in [5.74, 6) is 1.89. The Kier molecular flexibility index (Phi) is 10.5. The zero-order valence-electron chi connectivity index (χ0n) is 25.6. The van der Waals surface area contributed by atoms with E-state index in [-0.39, 0.29) is 31.0 Å². The second-order valence-electron chi connectivity index (χ2n) is 10.3. The van der Waals surface area contributed by atoms with Gasteiger partial charge in [-0.3, -0.25) is 0 Å². The number of aromatic nitrogens is 4. The van der Waals surface area contributed by atoms with Crippen LogP contribution in [0, 0.1) is 3.57 Å². The number of benzene rings is 4. The molecule has 1 aromatic heterocycles. The lowest BCUT2D eigenvalue weighted by Crippen LogP contribution is -2.33. The molecule has 0 radical (unpaired) electrons. The molecule has 0 spiro atoms. The number of primary sulfonamides is 1. The van der Waals surface area contributed by atoms with Crippen molar-refractivity contribution in [2.45, 2.75) is 29.4 Å². The Hall–Kier alpha value is -4.10. The number of nitrogens with zero attached hydrogens (tertiary/aromatic N) is 5. The molecular formula is C31H31IN6O7S2. The van der Waals surface area contributed by atoms with Crippen LogP contribution in [0.25, 0.3) is 11.4 Å². The molecule has 0 atom stereocenters. The van der Waals surface area contributed by atoms with E-state index in [1.165, 1.54) is 35.3 Å². The fourth-order valence-electron chi connectivity index (χ4n) is 4.85. The maximum atomic E-state index is 14.9. The number of hydrogen-bond donors (Lipinski definition) is 1. The molecular weight excluding hydrogens is 759 g/mol. The summed E-state index contributed by atoms with van der Waals surface area (Å²) in [6.45, 7) is -0.0584. The maximum absolute atomic E-state index is 14.9. The Morgan fingerprint density at radius 2 is 1.19 bits per heavy atom. The van der Waals surface area contributed by atoms with Crippen LogP contribution in [-0.2, 0) is 39.7 Å². The number of sulfonamides is 2. The normalized spacial score (nSPS) is 11.9. The molecule has 5 rings (SSSR count). The van der Waals surface area contributed by atoms with E-state index in [1.54, 1.807) is 67.8 Å². The van der Waals surface area contributed by atoms with Crippen LogP contribution >= 0.6 is 22.6 Å². The van der Waals surface area contributed by atoms with Gasteiger partial charge in [-0.25, -0.2) is 26.7 Å². The first-order valence-electron chi connectivity index (χ1n) is 14.0. The van der Waals surface area contributed by atoms with E-state index in [0.717, 1.165) is 5.56 Å². The third-order valence-electron chi connectivity index (χ3n) is 7.26. The number of tetrazole rings is 1.